The predicted molar refractivity (Wildman–Crippen MR) is 70.2 cm³/mol. The van der Waals surface area contributed by atoms with E-state index in [-0.39, 0.29) is 5.92 Å². The minimum absolute atomic E-state index is 0.269. The molecule has 2 N–H and O–H groups in total. The number of nitrogens with zero attached hydrogens (tertiary/aromatic N) is 1. The highest BCUT2D eigenvalue weighted by atomic mass is 16.5. The zero-order valence-corrected chi connectivity index (χ0v) is 11.7. The Bertz CT molecular complexity index is 213. The second-order valence-electron chi connectivity index (χ2n) is 5.71. The van der Waals surface area contributed by atoms with Crippen molar-refractivity contribution >= 4 is 0 Å². The van der Waals surface area contributed by atoms with Gasteiger partial charge in [0.25, 0.3) is 0 Å². The van der Waals surface area contributed by atoms with Crippen LogP contribution in [0.2, 0.25) is 0 Å². The normalized spacial score (nSPS) is 23.6. The number of aliphatic hydroxyl groups is 1. The molecule has 0 aromatic carbocycles. The summed E-state index contributed by atoms with van der Waals surface area (Å²) in [7, 11) is 0. The van der Waals surface area contributed by atoms with Crippen LogP contribution in [0.3, 0.4) is 0 Å². The summed E-state index contributed by atoms with van der Waals surface area (Å²) >= 11 is 0. The summed E-state index contributed by atoms with van der Waals surface area (Å²) in [5.74, 6) is 0.269. The van der Waals surface area contributed by atoms with Crippen molar-refractivity contribution in [2.45, 2.75) is 39.3 Å². The predicted octanol–water partition coefficient (Wildman–Crippen LogP) is 0.704. The average Bonchev–Trinajstić information content (AvgIpc) is 2.28. The van der Waals surface area contributed by atoms with Gasteiger partial charge < -0.3 is 15.2 Å². The van der Waals surface area contributed by atoms with Gasteiger partial charge in [-0.25, -0.2) is 0 Å². The summed E-state index contributed by atoms with van der Waals surface area (Å²) in [4.78, 5) is 2.41. The zero-order chi connectivity index (χ0) is 12.9. The van der Waals surface area contributed by atoms with Crippen LogP contribution in [0.1, 0.15) is 27.7 Å². The molecule has 2 unspecified atom stereocenters. The molecule has 0 amide bonds. The molecule has 0 radical (unpaired) electrons. The van der Waals surface area contributed by atoms with Gasteiger partial charge in [0.1, 0.15) is 0 Å². The number of morpholine rings is 1. The molecule has 0 aromatic rings. The smallest absolute Gasteiger partial charge is 0.0766 e. The summed E-state index contributed by atoms with van der Waals surface area (Å²) in [6.07, 6.45) is 0. The summed E-state index contributed by atoms with van der Waals surface area (Å²) < 4.78 is 5.32. The Labute approximate surface area is 105 Å². The summed E-state index contributed by atoms with van der Waals surface area (Å²) in [6, 6.07) is 0.401. The standard InChI is InChI=1S/C13H28N2O2/c1-11(2)13(4,16)10-14-12(3)9-15-5-7-17-8-6-15/h11-12,14,16H,5-10H2,1-4H3. The van der Waals surface area contributed by atoms with Gasteiger partial charge in [0, 0.05) is 32.2 Å². The highest BCUT2D eigenvalue weighted by Crippen LogP contribution is 2.14. The molecule has 1 aliphatic heterocycles. The Kier molecular flexibility index (Phi) is 5.86. The Morgan fingerprint density at radius 2 is 1.88 bits per heavy atom. The Morgan fingerprint density at radius 3 is 2.41 bits per heavy atom. The Hall–Kier alpha value is -0.160. The molecule has 1 rings (SSSR count). The van der Waals surface area contributed by atoms with Gasteiger partial charge in [-0.05, 0) is 19.8 Å². The molecule has 2 atom stereocenters. The summed E-state index contributed by atoms with van der Waals surface area (Å²) in [5.41, 5.74) is -0.626. The minimum atomic E-state index is -0.626. The molecule has 17 heavy (non-hydrogen) atoms. The molecular formula is C13H28N2O2. The lowest BCUT2D eigenvalue weighted by Gasteiger charge is -2.32. The third-order valence-electron chi connectivity index (χ3n) is 3.69. The van der Waals surface area contributed by atoms with Crippen molar-refractivity contribution in [2.24, 2.45) is 5.92 Å². The van der Waals surface area contributed by atoms with Gasteiger partial charge in [-0.1, -0.05) is 13.8 Å². The molecule has 1 heterocycles. The molecule has 1 fully saturated rings. The van der Waals surface area contributed by atoms with Crippen LogP contribution in [0.4, 0.5) is 0 Å². The Morgan fingerprint density at radius 1 is 1.29 bits per heavy atom. The maximum absolute atomic E-state index is 10.2. The van der Waals surface area contributed by atoms with E-state index in [9.17, 15) is 5.11 Å². The zero-order valence-electron chi connectivity index (χ0n) is 11.7. The number of hydrogen-bond acceptors (Lipinski definition) is 4. The largest absolute Gasteiger partial charge is 0.389 e. The van der Waals surface area contributed by atoms with Gasteiger partial charge in [-0.3, -0.25) is 4.90 Å². The van der Waals surface area contributed by atoms with Crippen LogP contribution in [0.15, 0.2) is 0 Å². The molecule has 1 aliphatic rings. The van der Waals surface area contributed by atoms with Crippen molar-refractivity contribution < 1.29 is 9.84 Å². The first-order chi connectivity index (χ1) is 7.92. The van der Waals surface area contributed by atoms with Crippen molar-refractivity contribution in [3.8, 4) is 0 Å². The van der Waals surface area contributed by atoms with Crippen molar-refractivity contribution in [3.05, 3.63) is 0 Å². The molecular weight excluding hydrogens is 216 g/mol. The maximum Gasteiger partial charge on any atom is 0.0766 e. The summed E-state index contributed by atoms with van der Waals surface area (Å²) in [6.45, 7) is 13.6. The number of ether oxygens (including phenoxy) is 1. The quantitative estimate of drug-likeness (QED) is 0.722. The van der Waals surface area contributed by atoms with Crippen LogP contribution in [-0.4, -0.2) is 61.0 Å². The van der Waals surface area contributed by atoms with Crippen LogP contribution >= 0.6 is 0 Å². The third-order valence-corrected chi connectivity index (χ3v) is 3.69. The number of rotatable bonds is 6. The van der Waals surface area contributed by atoms with Crippen molar-refractivity contribution in [1.82, 2.24) is 10.2 Å². The van der Waals surface area contributed by atoms with E-state index in [1.54, 1.807) is 0 Å². The van der Waals surface area contributed by atoms with E-state index in [4.69, 9.17) is 4.74 Å². The van der Waals surface area contributed by atoms with Gasteiger partial charge in [0.05, 0.1) is 18.8 Å². The lowest BCUT2D eigenvalue weighted by Crippen LogP contribution is -2.49. The van der Waals surface area contributed by atoms with Gasteiger partial charge in [-0.2, -0.15) is 0 Å². The second kappa shape index (κ2) is 6.69. The van der Waals surface area contributed by atoms with E-state index in [0.29, 0.717) is 12.6 Å². The van der Waals surface area contributed by atoms with E-state index >= 15 is 0 Å². The first-order valence-corrected chi connectivity index (χ1v) is 6.67. The van der Waals surface area contributed by atoms with E-state index in [1.807, 2.05) is 20.8 Å². The molecule has 0 saturated carbocycles. The minimum Gasteiger partial charge on any atom is -0.389 e. The fourth-order valence-electron chi connectivity index (χ4n) is 1.82. The molecule has 4 nitrogen and oxygen atoms in total. The van der Waals surface area contributed by atoms with E-state index in [0.717, 1.165) is 32.8 Å². The molecule has 0 spiro atoms. The highest BCUT2D eigenvalue weighted by Gasteiger charge is 2.25. The van der Waals surface area contributed by atoms with E-state index < -0.39 is 5.60 Å². The van der Waals surface area contributed by atoms with Crippen LogP contribution in [0.5, 0.6) is 0 Å². The topological polar surface area (TPSA) is 44.7 Å². The van der Waals surface area contributed by atoms with Crippen molar-refractivity contribution in [1.29, 1.82) is 0 Å². The first-order valence-electron chi connectivity index (χ1n) is 6.67. The van der Waals surface area contributed by atoms with Crippen LogP contribution in [0, 0.1) is 5.92 Å². The molecule has 0 aromatic heterocycles. The van der Waals surface area contributed by atoms with Crippen LogP contribution in [-0.2, 0) is 4.74 Å². The second-order valence-corrected chi connectivity index (χ2v) is 5.71. The lowest BCUT2D eigenvalue weighted by molar-refractivity contribution is 0.00737. The Balaban J connectivity index is 2.22. The van der Waals surface area contributed by atoms with Crippen molar-refractivity contribution in [3.63, 3.8) is 0 Å². The lowest BCUT2D eigenvalue weighted by atomic mass is 9.92. The fourth-order valence-corrected chi connectivity index (χ4v) is 1.82. The first kappa shape index (κ1) is 14.9. The number of hydrogen-bond donors (Lipinski definition) is 2. The average molecular weight is 244 g/mol. The van der Waals surface area contributed by atoms with Gasteiger partial charge >= 0.3 is 0 Å². The molecule has 102 valence electrons. The van der Waals surface area contributed by atoms with Crippen LogP contribution < -0.4 is 5.32 Å². The van der Waals surface area contributed by atoms with Crippen LogP contribution in [0.25, 0.3) is 0 Å². The monoisotopic (exact) mass is 244 g/mol. The van der Waals surface area contributed by atoms with E-state index in [2.05, 4.69) is 17.1 Å². The third kappa shape index (κ3) is 5.34. The molecule has 1 saturated heterocycles. The van der Waals surface area contributed by atoms with Crippen molar-refractivity contribution in [2.75, 3.05) is 39.4 Å². The molecule has 0 bridgehead atoms. The summed E-state index contributed by atoms with van der Waals surface area (Å²) in [5, 5.41) is 13.6. The van der Waals surface area contributed by atoms with Gasteiger partial charge in [0.2, 0.25) is 0 Å². The SMILES string of the molecule is CC(CN1CCOCC1)NCC(C)(O)C(C)C. The maximum atomic E-state index is 10.2. The molecule has 4 heteroatoms. The van der Waals surface area contributed by atoms with E-state index in [1.165, 1.54) is 0 Å². The molecule has 0 aliphatic carbocycles. The fraction of sp³-hybridized carbons (Fsp3) is 1.00. The highest BCUT2D eigenvalue weighted by molar-refractivity contribution is 4.81. The number of nitrogens with one attached hydrogen (secondary N) is 1. The van der Waals surface area contributed by atoms with Gasteiger partial charge in [0.15, 0.2) is 0 Å². The van der Waals surface area contributed by atoms with Gasteiger partial charge in [-0.15, -0.1) is 0 Å².